The van der Waals surface area contributed by atoms with Crippen LogP contribution >= 0.6 is 0 Å². The van der Waals surface area contributed by atoms with Crippen molar-refractivity contribution < 1.29 is 63.3 Å². The number of hydrogen-bond donors (Lipinski definition) is 17. The summed E-state index contributed by atoms with van der Waals surface area (Å²) in [4.78, 5) is 152. The Hall–Kier alpha value is -7.67. The number of nitrogens with one attached hydrogen (secondary N) is 9. The number of amides is 9. The van der Waals surface area contributed by atoms with Crippen LogP contribution in [0.2, 0.25) is 0 Å². The van der Waals surface area contributed by atoms with Crippen LogP contribution in [0.4, 0.5) is 0 Å². The highest BCUT2D eigenvalue weighted by Crippen LogP contribution is 2.29. The first kappa shape index (κ1) is 72.6. The van der Waals surface area contributed by atoms with Crippen molar-refractivity contribution in [2.75, 3.05) is 32.7 Å². The molecule has 0 spiro atoms. The van der Waals surface area contributed by atoms with E-state index in [0.717, 1.165) is 76.0 Å². The Morgan fingerprint density at radius 1 is 0.640 bits per heavy atom. The fourth-order valence-electron chi connectivity index (χ4n) is 10.2. The maximum absolute atomic E-state index is 14.3. The van der Waals surface area contributed by atoms with Crippen LogP contribution in [-0.2, 0) is 54.4 Å². The number of aliphatic hydroxyl groups is 2. The molecule has 11 atom stereocenters. The van der Waals surface area contributed by atoms with Gasteiger partial charge in [0.1, 0.15) is 42.3 Å². The standard InChI is InChI=1S/C55H96N18O13/c1-6-30(2)43(51(83)69-40(53(85)86)24-35-17-11-8-12-18-35)70-41(76)28-73(22-14-21-63-55(59)60)42(77)27-64-50(82)44(32(4)74)72-52(84)45(33(5)75)71-49(81)39(25-36-26-61-29-65-36)68-48(80)38(23-34-15-9-7-10-16-34)67-46(78)31(3)66-47(79)37(56)19-13-20-62-54(57)58/h26,29-35,37-40,43-45,74-75H,6-25,27-28,56H2,1-5H3,(H,61,65)(H,64,82)(H,66,79)(H,67,78)(H,68,80)(H,69,83)(H,70,76)(H,71,81)(H,72,84)(H,85,86)(H4,57,58,62)(H4,59,60,63)/t30?,31-,32+,33+,37-,38-,39-,40-,43-,44-,45-/m0/s1. The van der Waals surface area contributed by atoms with Gasteiger partial charge >= 0.3 is 5.97 Å². The number of carbonyl (C=O) groups is 10. The Morgan fingerprint density at radius 2 is 1.15 bits per heavy atom. The molecule has 31 heteroatoms. The maximum Gasteiger partial charge on any atom is 0.326 e. The molecule has 0 aliphatic heterocycles. The van der Waals surface area contributed by atoms with Gasteiger partial charge in [-0.25, -0.2) is 9.78 Å². The molecule has 86 heavy (non-hydrogen) atoms. The molecule has 1 heterocycles. The Labute approximate surface area is 501 Å². The number of aliphatic imine (C=N–C) groups is 2. The van der Waals surface area contributed by atoms with Crippen LogP contribution in [0.15, 0.2) is 22.5 Å². The second kappa shape index (κ2) is 37.7. The minimum absolute atomic E-state index is 0.0163. The van der Waals surface area contributed by atoms with E-state index in [2.05, 4.69) is 62.5 Å². The van der Waals surface area contributed by atoms with Crippen molar-refractivity contribution in [2.24, 2.45) is 56.4 Å². The summed E-state index contributed by atoms with van der Waals surface area (Å²) in [5.41, 5.74) is 28.1. The van der Waals surface area contributed by atoms with E-state index < -0.39 is 139 Å². The van der Waals surface area contributed by atoms with Gasteiger partial charge in [0.05, 0.1) is 37.7 Å². The zero-order chi connectivity index (χ0) is 64.0. The fraction of sp³-hybridized carbons (Fsp3) is 0.727. The molecule has 0 saturated heterocycles. The summed E-state index contributed by atoms with van der Waals surface area (Å²) in [6, 6.07) is -10.8. The molecule has 31 nitrogen and oxygen atoms in total. The molecule has 1 unspecified atom stereocenters. The number of hydrogen-bond acceptors (Lipinski definition) is 16. The molecule has 0 bridgehead atoms. The Balaban J connectivity index is 1.77. The summed E-state index contributed by atoms with van der Waals surface area (Å²) in [6.45, 7) is 5.95. The smallest absolute Gasteiger partial charge is 0.326 e. The fourth-order valence-corrected chi connectivity index (χ4v) is 10.2. The van der Waals surface area contributed by atoms with Crippen molar-refractivity contribution in [1.82, 2.24) is 57.4 Å². The molecule has 0 aromatic carbocycles. The predicted octanol–water partition coefficient (Wildman–Crippen LogP) is -3.81. The topological polar surface area (TPSA) is 514 Å². The number of nitrogens with two attached hydrogens (primary N) is 5. The molecule has 2 fully saturated rings. The molecule has 2 saturated carbocycles. The van der Waals surface area contributed by atoms with Gasteiger partial charge in [-0.3, -0.25) is 53.1 Å². The van der Waals surface area contributed by atoms with Gasteiger partial charge in [0, 0.05) is 37.9 Å². The lowest BCUT2D eigenvalue weighted by molar-refractivity contribution is -0.143. The van der Waals surface area contributed by atoms with Gasteiger partial charge in [0.25, 0.3) is 0 Å². The summed E-state index contributed by atoms with van der Waals surface area (Å²) in [6.07, 6.45) is 9.77. The predicted molar refractivity (Wildman–Crippen MR) is 317 cm³/mol. The quantitative estimate of drug-likeness (QED) is 0.0172. The van der Waals surface area contributed by atoms with Crippen LogP contribution in [0.3, 0.4) is 0 Å². The van der Waals surface area contributed by atoms with Crippen molar-refractivity contribution in [3.05, 3.63) is 18.2 Å². The first-order valence-corrected chi connectivity index (χ1v) is 29.8. The van der Waals surface area contributed by atoms with Crippen LogP contribution in [0.25, 0.3) is 0 Å². The van der Waals surface area contributed by atoms with E-state index >= 15 is 0 Å². The van der Waals surface area contributed by atoms with Crippen molar-refractivity contribution in [1.29, 1.82) is 0 Å². The van der Waals surface area contributed by atoms with Gasteiger partial charge in [-0.05, 0) is 70.6 Å². The van der Waals surface area contributed by atoms with E-state index in [4.69, 9.17) is 28.7 Å². The number of aromatic amines is 1. The third kappa shape index (κ3) is 26.3. The highest BCUT2D eigenvalue weighted by molar-refractivity contribution is 5.98. The van der Waals surface area contributed by atoms with Crippen molar-refractivity contribution >= 4 is 71.1 Å². The third-order valence-electron chi connectivity index (χ3n) is 15.4. The summed E-state index contributed by atoms with van der Waals surface area (Å²) in [5, 5.41) is 52.0. The van der Waals surface area contributed by atoms with E-state index in [1.807, 2.05) is 0 Å². The average molecular weight is 1220 g/mol. The largest absolute Gasteiger partial charge is 0.480 e. The second-order valence-electron chi connectivity index (χ2n) is 22.6. The zero-order valence-corrected chi connectivity index (χ0v) is 50.3. The van der Waals surface area contributed by atoms with Crippen LogP contribution in [-0.4, -0.2) is 195 Å². The number of rotatable bonds is 37. The number of carboxylic acids is 1. The van der Waals surface area contributed by atoms with Gasteiger partial charge in [0.15, 0.2) is 11.9 Å². The molecular formula is C55H96N18O13. The van der Waals surface area contributed by atoms with Crippen LogP contribution < -0.4 is 71.2 Å². The van der Waals surface area contributed by atoms with Crippen molar-refractivity contribution in [3.8, 4) is 0 Å². The number of aromatic nitrogens is 2. The molecule has 0 radical (unpaired) electrons. The zero-order valence-electron chi connectivity index (χ0n) is 50.3. The van der Waals surface area contributed by atoms with Crippen LogP contribution in [0.5, 0.6) is 0 Å². The number of aliphatic hydroxyl groups excluding tert-OH is 2. The van der Waals surface area contributed by atoms with Gasteiger partial charge in [-0.1, -0.05) is 84.5 Å². The molecule has 2 aliphatic rings. The van der Waals surface area contributed by atoms with E-state index in [-0.39, 0.29) is 75.5 Å². The van der Waals surface area contributed by atoms with E-state index in [1.165, 1.54) is 26.4 Å². The molecular weight excluding hydrogens is 1120 g/mol. The monoisotopic (exact) mass is 1220 g/mol. The molecule has 2 aliphatic carbocycles. The molecule has 3 rings (SSSR count). The van der Waals surface area contributed by atoms with E-state index in [0.29, 0.717) is 18.5 Å². The number of imidazole rings is 1. The minimum Gasteiger partial charge on any atom is -0.480 e. The Kier molecular flexibility index (Phi) is 31.8. The SMILES string of the molecule is CCC(C)[C@H](NC(=O)CN(CCCN=C(N)N)C(=O)CNC(=O)[C@@H](NC(=O)[C@@H](NC(=O)[C@H](Cc1cnc[nH]1)NC(=O)[C@H](CC1CCCCC1)NC(=O)[C@H](C)NC(=O)[C@@H](N)CCCN=C(N)N)[C@@H](C)O)[C@@H](C)O)C(=O)N[C@@H](CC1CCCCC1)C(=O)O. The number of H-pyrrole nitrogens is 1. The van der Waals surface area contributed by atoms with Gasteiger partial charge < -0.3 is 96.4 Å². The minimum atomic E-state index is -1.83. The van der Waals surface area contributed by atoms with Crippen molar-refractivity contribution in [3.63, 3.8) is 0 Å². The van der Waals surface area contributed by atoms with E-state index in [9.17, 15) is 63.3 Å². The summed E-state index contributed by atoms with van der Waals surface area (Å²) in [5.74, 6) is -9.56. The van der Waals surface area contributed by atoms with Crippen LogP contribution in [0, 0.1) is 17.8 Å². The first-order valence-electron chi connectivity index (χ1n) is 29.8. The van der Waals surface area contributed by atoms with Gasteiger partial charge in [-0.2, -0.15) is 0 Å². The summed E-state index contributed by atoms with van der Waals surface area (Å²) < 4.78 is 0. The third-order valence-corrected chi connectivity index (χ3v) is 15.4. The molecule has 9 amide bonds. The Morgan fingerprint density at radius 3 is 1.69 bits per heavy atom. The lowest BCUT2D eigenvalue weighted by Gasteiger charge is -2.30. The lowest BCUT2D eigenvalue weighted by atomic mass is 9.84. The molecule has 1 aromatic heterocycles. The molecule has 22 N–H and O–H groups in total. The Bertz CT molecular complexity index is 2430. The van der Waals surface area contributed by atoms with Gasteiger partial charge in [0.2, 0.25) is 53.2 Å². The maximum atomic E-state index is 14.3. The number of aliphatic carboxylic acids is 1. The number of carbonyl (C=O) groups excluding carboxylic acids is 9. The number of carboxylic acid groups (broad SMARTS) is 1. The number of guanidine groups is 2. The van der Waals surface area contributed by atoms with Crippen molar-refractivity contribution in [2.45, 2.75) is 204 Å². The normalized spacial score (nSPS) is 17.5. The highest BCUT2D eigenvalue weighted by atomic mass is 16.4. The van der Waals surface area contributed by atoms with Gasteiger partial charge in [-0.15, -0.1) is 0 Å². The summed E-state index contributed by atoms with van der Waals surface area (Å²) in [7, 11) is 0. The molecule has 484 valence electrons. The highest BCUT2D eigenvalue weighted by Gasteiger charge is 2.37. The second-order valence-corrected chi connectivity index (χ2v) is 22.6. The van der Waals surface area contributed by atoms with Crippen LogP contribution in [0.1, 0.15) is 143 Å². The molecule has 1 aromatic rings. The number of nitrogens with zero attached hydrogens (tertiary/aromatic N) is 4. The lowest BCUT2D eigenvalue weighted by Crippen LogP contribution is -2.62. The average Bonchev–Trinajstić information content (AvgIpc) is 3.73. The summed E-state index contributed by atoms with van der Waals surface area (Å²) >= 11 is 0. The van der Waals surface area contributed by atoms with E-state index in [1.54, 1.807) is 13.8 Å². The first-order chi connectivity index (χ1) is 40.7.